The third kappa shape index (κ3) is 1.98. The van der Waals surface area contributed by atoms with Crippen LogP contribution in [0.25, 0.3) is 10.4 Å². The Morgan fingerprint density at radius 3 is 2.95 bits per heavy atom. The van der Waals surface area contributed by atoms with Crippen LogP contribution in [0.4, 0.5) is 0 Å². The number of fused-ring (bicyclic) bond motifs is 1. The number of carbonyl (C=O) groups excluding carboxylic acids is 1. The minimum Gasteiger partial charge on any atom is -0.477 e. The van der Waals surface area contributed by atoms with E-state index in [0.717, 1.165) is 18.7 Å². The molecule has 0 radical (unpaired) electrons. The molecule has 3 aliphatic heterocycles. The minimum atomic E-state index is -1.10. The molecular weight excluding hydrogens is 276 g/mol. The van der Waals surface area contributed by atoms with E-state index in [4.69, 9.17) is 5.53 Å². The molecule has 3 atom stereocenters. The van der Waals surface area contributed by atoms with Crippen LogP contribution in [0.2, 0.25) is 0 Å². The average molecular weight is 292 g/mol. The molecule has 9 nitrogen and oxygen atoms in total. The summed E-state index contributed by atoms with van der Waals surface area (Å²) in [5.74, 6) is -1.52. The normalized spacial score (nSPS) is 32.5. The van der Waals surface area contributed by atoms with Gasteiger partial charge in [0.05, 0.1) is 6.04 Å². The first-order chi connectivity index (χ1) is 10.1. The Bertz CT molecular complexity index is 582. The number of hydrogen-bond acceptors (Lipinski definition) is 5. The number of carboxylic acids is 1. The van der Waals surface area contributed by atoms with E-state index >= 15 is 0 Å². The maximum Gasteiger partial charge on any atom is 0.352 e. The third-order valence-electron chi connectivity index (χ3n) is 4.45. The predicted molar refractivity (Wildman–Crippen MR) is 72.1 cm³/mol. The Morgan fingerprint density at radius 1 is 1.57 bits per heavy atom. The first-order valence-electron chi connectivity index (χ1n) is 6.80. The smallest absolute Gasteiger partial charge is 0.352 e. The number of carbonyl (C=O) groups is 2. The summed E-state index contributed by atoms with van der Waals surface area (Å²) in [6.45, 7) is 2.33. The van der Waals surface area contributed by atoms with Gasteiger partial charge in [-0.05, 0) is 24.6 Å². The Kier molecular flexibility index (Phi) is 3.32. The molecule has 0 aromatic rings. The molecule has 0 aromatic carbocycles. The maximum atomic E-state index is 12.0. The third-order valence-corrected chi connectivity index (χ3v) is 4.45. The first-order valence-corrected chi connectivity index (χ1v) is 6.80. The number of β-lactam (4-membered cyclic amide) rings is 1. The molecular formula is C12H16N6O3. The van der Waals surface area contributed by atoms with Crippen LogP contribution in [0.15, 0.2) is 16.4 Å². The lowest BCUT2D eigenvalue weighted by Gasteiger charge is -2.40. The van der Waals surface area contributed by atoms with Crippen LogP contribution in [0, 0.1) is 0 Å². The molecule has 0 saturated carbocycles. The summed E-state index contributed by atoms with van der Waals surface area (Å²) in [6.07, 6.45) is 0.452. The lowest BCUT2D eigenvalue weighted by molar-refractivity contribution is -0.149. The number of likely N-dealkylation sites (N-methyl/N-ethyl adjacent to an activating group) is 1. The van der Waals surface area contributed by atoms with Gasteiger partial charge in [-0.15, -0.1) is 0 Å². The Labute approximate surface area is 120 Å². The molecule has 1 amide bonds. The van der Waals surface area contributed by atoms with Gasteiger partial charge in [0.1, 0.15) is 11.7 Å². The van der Waals surface area contributed by atoms with E-state index in [1.807, 2.05) is 7.05 Å². The maximum absolute atomic E-state index is 12.0. The second-order valence-electron chi connectivity index (χ2n) is 5.51. The molecule has 0 aliphatic carbocycles. The van der Waals surface area contributed by atoms with Gasteiger partial charge in [-0.3, -0.25) is 9.69 Å². The molecule has 0 bridgehead atoms. The lowest BCUT2D eigenvalue weighted by Crippen LogP contribution is -2.61. The molecule has 0 aromatic heterocycles. The number of piperazine rings is 1. The predicted octanol–water partition coefficient (Wildman–Crippen LogP) is -0.478. The first kappa shape index (κ1) is 13.9. The standard InChI is InChI=1S/C12H16N6O3/c1-17-3-2-14-5-8(17)6-4-7-9(15-16-13)11(19)18(7)10(6)12(20)21/h7-9,14H,2-5H2,1H3,(H,20,21). The molecule has 3 aliphatic rings. The highest BCUT2D eigenvalue weighted by molar-refractivity contribution is 6.01. The van der Waals surface area contributed by atoms with E-state index in [0.29, 0.717) is 13.0 Å². The fourth-order valence-corrected chi connectivity index (χ4v) is 3.40. The molecule has 3 rings (SSSR count). The summed E-state index contributed by atoms with van der Waals surface area (Å²) in [7, 11) is 1.94. The van der Waals surface area contributed by atoms with Crippen molar-refractivity contribution in [3.63, 3.8) is 0 Å². The summed E-state index contributed by atoms with van der Waals surface area (Å²) in [5.41, 5.74) is 9.32. The van der Waals surface area contributed by atoms with Crippen LogP contribution < -0.4 is 5.32 Å². The molecule has 112 valence electrons. The molecule has 2 saturated heterocycles. The number of nitrogens with one attached hydrogen (secondary N) is 1. The Balaban J connectivity index is 1.94. The van der Waals surface area contributed by atoms with E-state index in [1.54, 1.807) is 0 Å². The second-order valence-corrected chi connectivity index (χ2v) is 5.51. The highest BCUT2D eigenvalue weighted by Gasteiger charge is 2.56. The van der Waals surface area contributed by atoms with Crippen LogP contribution in [0.3, 0.4) is 0 Å². The zero-order valence-corrected chi connectivity index (χ0v) is 11.6. The van der Waals surface area contributed by atoms with Crippen LogP contribution in [0.5, 0.6) is 0 Å². The van der Waals surface area contributed by atoms with Gasteiger partial charge in [-0.25, -0.2) is 4.79 Å². The van der Waals surface area contributed by atoms with Crippen molar-refractivity contribution in [3.05, 3.63) is 21.7 Å². The lowest BCUT2D eigenvalue weighted by atomic mass is 9.92. The van der Waals surface area contributed by atoms with E-state index in [1.165, 1.54) is 4.90 Å². The zero-order valence-electron chi connectivity index (χ0n) is 11.6. The van der Waals surface area contributed by atoms with Gasteiger partial charge in [0, 0.05) is 30.6 Å². The topological polar surface area (TPSA) is 122 Å². The van der Waals surface area contributed by atoms with Crippen molar-refractivity contribution in [3.8, 4) is 0 Å². The monoisotopic (exact) mass is 292 g/mol. The van der Waals surface area contributed by atoms with Gasteiger partial charge >= 0.3 is 5.97 Å². The van der Waals surface area contributed by atoms with E-state index in [9.17, 15) is 14.7 Å². The largest absolute Gasteiger partial charge is 0.477 e. The van der Waals surface area contributed by atoms with Gasteiger partial charge in [0.25, 0.3) is 0 Å². The van der Waals surface area contributed by atoms with Gasteiger partial charge in [0.2, 0.25) is 5.91 Å². The summed E-state index contributed by atoms with van der Waals surface area (Å²) < 4.78 is 0. The number of rotatable bonds is 3. The fourth-order valence-electron chi connectivity index (χ4n) is 3.40. The Morgan fingerprint density at radius 2 is 2.33 bits per heavy atom. The van der Waals surface area contributed by atoms with Crippen molar-refractivity contribution in [2.75, 3.05) is 26.7 Å². The molecule has 2 N–H and O–H groups in total. The molecule has 21 heavy (non-hydrogen) atoms. The summed E-state index contributed by atoms with van der Waals surface area (Å²) >= 11 is 0. The van der Waals surface area contributed by atoms with Crippen LogP contribution in [-0.2, 0) is 9.59 Å². The number of carboxylic acid groups (broad SMARTS) is 1. The number of hydrogen-bond donors (Lipinski definition) is 2. The molecule has 3 heterocycles. The van der Waals surface area contributed by atoms with Crippen molar-refractivity contribution in [2.45, 2.75) is 24.5 Å². The van der Waals surface area contributed by atoms with E-state index in [-0.39, 0.29) is 17.8 Å². The Hall–Kier alpha value is -2.09. The fraction of sp³-hybridized carbons (Fsp3) is 0.667. The molecule has 2 fully saturated rings. The van der Waals surface area contributed by atoms with E-state index in [2.05, 4.69) is 20.2 Å². The average Bonchev–Trinajstić information content (AvgIpc) is 2.81. The van der Waals surface area contributed by atoms with Gasteiger partial charge in [-0.2, -0.15) is 0 Å². The van der Waals surface area contributed by atoms with Gasteiger partial charge < -0.3 is 15.3 Å². The highest BCUT2D eigenvalue weighted by Crippen LogP contribution is 2.42. The van der Waals surface area contributed by atoms with Crippen LogP contribution in [0.1, 0.15) is 6.42 Å². The van der Waals surface area contributed by atoms with Crippen molar-refractivity contribution < 1.29 is 14.7 Å². The van der Waals surface area contributed by atoms with E-state index < -0.39 is 17.9 Å². The van der Waals surface area contributed by atoms with Crippen molar-refractivity contribution in [2.24, 2.45) is 5.11 Å². The number of azide groups is 1. The van der Waals surface area contributed by atoms with Crippen molar-refractivity contribution >= 4 is 11.9 Å². The molecule has 0 spiro atoms. The van der Waals surface area contributed by atoms with Gasteiger partial charge in [-0.1, -0.05) is 5.11 Å². The molecule has 3 unspecified atom stereocenters. The second kappa shape index (κ2) is 5.03. The minimum absolute atomic E-state index is 0.0463. The van der Waals surface area contributed by atoms with Crippen molar-refractivity contribution in [1.82, 2.24) is 15.1 Å². The van der Waals surface area contributed by atoms with Crippen LogP contribution in [-0.4, -0.2) is 71.6 Å². The number of nitrogens with zero attached hydrogens (tertiary/aromatic N) is 5. The SMILES string of the molecule is CN1CCNCC1C1=C(C(=O)O)N2C(=O)C(N=[N+]=[N-])C2C1. The van der Waals surface area contributed by atoms with Crippen LogP contribution >= 0.6 is 0 Å². The van der Waals surface area contributed by atoms with Crippen molar-refractivity contribution in [1.29, 1.82) is 0 Å². The summed E-state index contributed by atoms with van der Waals surface area (Å²) in [5, 5.41) is 16.2. The number of amides is 1. The molecule has 9 heteroatoms. The zero-order chi connectivity index (χ0) is 15.1. The highest BCUT2D eigenvalue weighted by atomic mass is 16.4. The summed E-state index contributed by atoms with van der Waals surface area (Å²) in [6, 6.07) is -1.16. The number of aliphatic carboxylic acids is 1. The van der Waals surface area contributed by atoms with Gasteiger partial charge in [0.15, 0.2) is 0 Å². The summed E-state index contributed by atoms with van der Waals surface area (Å²) in [4.78, 5) is 29.6. The quantitative estimate of drug-likeness (QED) is 0.315.